The molecule has 1 aliphatic heterocycles. The standard InChI is InChI=1S/C27H23F4N5O/c28-20-8-10-21(11-9-20)35-12-14-36(15-13-35)25-23-7-2-1-6-22(23)24(33-34-25)26(37)32-17-18-4-3-5-19(16-18)27(29,30)31/h1-11,16H,12-15,17H2,(H,32,37). The van der Waals surface area contributed by atoms with Gasteiger partial charge in [0.15, 0.2) is 11.5 Å². The van der Waals surface area contributed by atoms with Gasteiger partial charge >= 0.3 is 6.18 Å². The molecule has 1 fully saturated rings. The van der Waals surface area contributed by atoms with Crippen LogP contribution in [-0.4, -0.2) is 42.3 Å². The number of alkyl halides is 3. The summed E-state index contributed by atoms with van der Waals surface area (Å²) in [5.74, 6) is -0.138. The summed E-state index contributed by atoms with van der Waals surface area (Å²) in [5, 5.41) is 12.6. The van der Waals surface area contributed by atoms with Crippen LogP contribution in [0.4, 0.5) is 29.1 Å². The predicted octanol–water partition coefficient (Wildman–Crippen LogP) is 5.04. The van der Waals surface area contributed by atoms with Crippen molar-refractivity contribution in [3.8, 4) is 0 Å². The molecule has 2 heterocycles. The van der Waals surface area contributed by atoms with Crippen LogP contribution in [0, 0.1) is 5.82 Å². The van der Waals surface area contributed by atoms with Crippen LogP contribution >= 0.6 is 0 Å². The highest BCUT2D eigenvalue weighted by Gasteiger charge is 2.30. The third-order valence-electron chi connectivity index (χ3n) is 6.36. The molecule has 190 valence electrons. The number of aromatic nitrogens is 2. The molecule has 37 heavy (non-hydrogen) atoms. The van der Waals surface area contributed by atoms with Crippen LogP contribution in [0.15, 0.2) is 72.8 Å². The van der Waals surface area contributed by atoms with E-state index in [0.29, 0.717) is 42.9 Å². The van der Waals surface area contributed by atoms with Crippen LogP contribution in [0.5, 0.6) is 0 Å². The van der Waals surface area contributed by atoms with Crippen LogP contribution in [0.25, 0.3) is 10.8 Å². The van der Waals surface area contributed by atoms with E-state index in [0.717, 1.165) is 23.2 Å². The molecule has 4 aromatic rings. The summed E-state index contributed by atoms with van der Waals surface area (Å²) in [6.07, 6.45) is -4.46. The maximum Gasteiger partial charge on any atom is 0.416 e. The maximum atomic E-state index is 13.3. The molecule has 0 radical (unpaired) electrons. The van der Waals surface area contributed by atoms with Gasteiger partial charge in [0, 0.05) is 49.2 Å². The molecule has 0 unspecified atom stereocenters. The minimum Gasteiger partial charge on any atom is -0.368 e. The zero-order valence-electron chi connectivity index (χ0n) is 19.7. The minimum absolute atomic E-state index is 0.0775. The maximum absolute atomic E-state index is 13.3. The Kier molecular flexibility index (Phi) is 6.64. The molecule has 0 spiro atoms. The molecule has 1 aliphatic rings. The van der Waals surface area contributed by atoms with Crippen LogP contribution in [0.2, 0.25) is 0 Å². The zero-order chi connectivity index (χ0) is 26.0. The smallest absolute Gasteiger partial charge is 0.368 e. The average molecular weight is 510 g/mol. The Balaban J connectivity index is 1.32. The number of hydrogen-bond acceptors (Lipinski definition) is 5. The SMILES string of the molecule is O=C(NCc1cccc(C(F)(F)F)c1)c1nnc(N2CCN(c3ccc(F)cc3)CC2)c2ccccc12. The van der Waals surface area contributed by atoms with Crippen molar-refractivity contribution in [1.29, 1.82) is 0 Å². The average Bonchev–Trinajstić information content (AvgIpc) is 2.91. The predicted molar refractivity (Wildman–Crippen MR) is 133 cm³/mol. The van der Waals surface area contributed by atoms with Crippen molar-refractivity contribution in [2.24, 2.45) is 0 Å². The molecular weight excluding hydrogens is 486 g/mol. The Morgan fingerprint density at radius 1 is 0.838 bits per heavy atom. The second-order valence-electron chi connectivity index (χ2n) is 8.75. The molecule has 1 aromatic heterocycles. The van der Waals surface area contributed by atoms with Crippen molar-refractivity contribution in [3.05, 3.63) is 95.4 Å². The van der Waals surface area contributed by atoms with E-state index in [9.17, 15) is 22.4 Å². The van der Waals surface area contributed by atoms with Crippen molar-refractivity contribution in [1.82, 2.24) is 15.5 Å². The van der Waals surface area contributed by atoms with Gasteiger partial charge in [0.1, 0.15) is 5.82 Å². The minimum atomic E-state index is -4.46. The van der Waals surface area contributed by atoms with Crippen molar-refractivity contribution in [2.45, 2.75) is 12.7 Å². The number of piperazine rings is 1. The highest BCUT2D eigenvalue weighted by molar-refractivity contribution is 6.07. The Morgan fingerprint density at radius 2 is 1.51 bits per heavy atom. The topological polar surface area (TPSA) is 61.4 Å². The van der Waals surface area contributed by atoms with Gasteiger partial charge in [0.25, 0.3) is 5.91 Å². The van der Waals surface area contributed by atoms with Gasteiger partial charge in [-0.3, -0.25) is 4.79 Å². The molecule has 3 aromatic carbocycles. The third kappa shape index (κ3) is 5.32. The van der Waals surface area contributed by atoms with E-state index in [1.165, 1.54) is 24.3 Å². The van der Waals surface area contributed by atoms with E-state index in [-0.39, 0.29) is 18.1 Å². The number of anilines is 2. The summed E-state index contributed by atoms with van der Waals surface area (Å²) in [4.78, 5) is 17.2. The van der Waals surface area contributed by atoms with Gasteiger partial charge in [-0.05, 0) is 42.0 Å². The summed E-state index contributed by atoms with van der Waals surface area (Å²) < 4.78 is 52.2. The van der Waals surface area contributed by atoms with Crippen LogP contribution < -0.4 is 15.1 Å². The molecule has 0 saturated carbocycles. The number of benzene rings is 3. The number of rotatable bonds is 5. The van der Waals surface area contributed by atoms with E-state index in [1.807, 2.05) is 12.1 Å². The van der Waals surface area contributed by atoms with Gasteiger partial charge in [-0.2, -0.15) is 13.2 Å². The molecule has 0 bridgehead atoms. The second kappa shape index (κ2) is 10.0. The van der Waals surface area contributed by atoms with Gasteiger partial charge in [0.05, 0.1) is 5.56 Å². The molecule has 6 nitrogen and oxygen atoms in total. The van der Waals surface area contributed by atoms with Crippen molar-refractivity contribution in [3.63, 3.8) is 0 Å². The van der Waals surface area contributed by atoms with E-state index in [1.54, 1.807) is 24.3 Å². The van der Waals surface area contributed by atoms with Crippen LogP contribution in [-0.2, 0) is 12.7 Å². The van der Waals surface area contributed by atoms with Gasteiger partial charge in [-0.1, -0.05) is 36.4 Å². The highest BCUT2D eigenvalue weighted by atomic mass is 19.4. The third-order valence-corrected chi connectivity index (χ3v) is 6.36. The number of hydrogen-bond donors (Lipinski definition) is 1. The van der Waals surface area contributed by atoms with Gasteiger partial charge in [-0.25, -0.2) is 4.39 Å². The second-order valence-corrected chi connectivity index (χ2v) is 8.75. The molecule has 0 atom stereocenters. The summed E-state index contributed by atoms with van der Waals surface area (Å²) in [7, 11) is 0. The lowest BCUT2D eigenvalue weighted by atomic mass is 10.1. The Bertz CT molecular complexity index is 1420. The van der Waals surface area contributed by atoms with E-state index in [4.69, 9.17) is 0 Å². The number of carbonyl (C=O) groups is 1. The van der Waals surface area contributed by atoms with E-state index in [2.05, 4.69) is 25.3 Å². The largest absolute Gasteiger partial charge is 0.416 e. The first-order valence-electron chi connectivity index (χ1n) is 11.7. The highest BCUT2D eigenvalue weighted by Crippen LogP contribution is 2.30. The summed E-state index contributed by atoms with van der Waals surface area (Å²) >= 11 is 0. The first kappa shape index (κ1) is 24.5. The molecule has 1 N–H and O–H groups in total. The van der Waals surface area contributed by atoms with Crippen molar-refractivity contribution in [2.75, 3.05) is 36.0 Å². The lowest BCUT2D eigenvalue weighted by molar-refractivity contribution is -0.137. The molecule has 5 rings (SSSR count). The lowest BCUT2D eigenvalue weighted by Gasteiger charge is -2.37. The van der Waals surface area contributed by atoms with Gasteiger partial charge < -0.3 is 15.1 Å². The normalized spacial score (nSPS) is 14.2. The molecule has 1 saturated heterocycles. The first-order chi connectivity index (χ1) is 17.8. The number of halogens is 4. The molecular formula is C27H23F4N5O. The summed E-state index contributed by atoms with van der Waals surface area (Å²) in [6.45, 7) is 2.67. The van der Waals surface area contributed by atoms with Crippen molar-refractivity contribution < 1.29 is 22.4 Å². The van der Waals surface area contributed by atoms with Gasteiger partial charge in [-0.15, -0.1) is 10.2 Å². The molecule has 10 heteroatoms. The van der Waals surface area contributed by atoms with Gasteiger partial charge in [0.2, 0.25) is 0 Å². The molecule has 0 aliphatic carbocycles. The Morgan fingerprint density at radius 3 is 2.22 bits per heavy atom. The fourth-order valence-corrected chi connectivity index (χ4v) is 4.44. The number of nitrogens with zero attached hydrogens (tertiary/aromatic N) is 4. The zero-order valence-corrected chi connectivity index (χ0v) is 19.7. The number of nitrogens with one attached hydrogen (secondary N) is 1. The van der Waals surface area contributed by atoms with Crippen LogP contribution in [0.1, 0.15) is 21.6 Å². The Labute approximate surface area is 210 Å². The number of fused-ring (bicyclic) bond motifs is 1. The summed E-state index contributed by atoms with van der Waals surface area (Å²) in [6, 6.07) is 18.5. The lowest BCUT2D eigenvalue weighted by Crippen LogP contribution is -2.47. The van der Waals surface area contributed by atoms with Crippen molar-refractivity contribution >= 4 is 28.2 Å². The monoisotopic (exact) mass is 509 g/mol. The Hall–Kier alpha value is -4.21. The fourth-order valence-electron chi connectivity index (χ4n) is 4.44. The molecule has 1 amide bonds. The first-order valence-corrected chi connectivity index (χ1v) is 11.7. The fraction of sp³-hybridized carbons (Fsp3) is 0.222. The number of carbonyl (C=O) groups excluding carboxylic acids is 1. The summed E-state index contributed by atoms with van der Waals surface area (Å²) in [5.41, 5.74) is 0.616. The van der Waals surface area contributed by atoms with Crippen LogP contribution in [0.3, 0.4) is 0 Å². The number of amides is 1. The van der Waals surface area contributed by atoms with E-state index < -0.39 is 17.6 Å². The van der Waals surface area contributed by atoms with E-state index >= 15 is 0 Å². The quantitative estimate of drug-likeness (QED) is 0.382.